The van der Waals surface area contributed by atoms with E-state index in [-0.39, 0.29) is 12.3 Å². The first-order chi connectivity index (χ1) is 9.13. The Hall–Kier alpha value is -1.36. The maximum atomic E-state index is 13.2. The quantitative estimate of drug-likeness (QED) is 0.600. The number of hydrogen-bond donors (Lipinski definition) is 1. The van der Waals surface area contributed by atoms with Crippen LogP contribution < -0.4 is 5.32 Å². The molecule has 0 aromatic heterocycles. The van der Waals surface area contributed by atoms with Crippen molar-refractivity contribution in [1.29, 1.82) is 0 Å². The van der Waals surface area contributed by atoms with Crippen molar-refractivity contribution in [1.82, 2.24) is 0 Å². The molecule has 3 nitrogen and oxygen atoms in total. The number of ether oxygens (including phenoxy) is 1. The number of alkyl halides is 1. The van der Waals surface area contributed by atoms with E-state index >= 15 is 0 Å². The molecule has 1 rings (SSSR count). The molecule has 1 aromatic carbocycles. The summed E-state index contributed by atoms with van der Waals surface area (Å²) >= 11 is 5.52. The highest BCUT2D eigenvalue weighted by molar-refractivity contribution is 6.17. The van der Waals surface area contributed by atoms with E-state index in [0.29, 0.717) is 11.9 Å². The maximum absolute atomic E-state index is 13.2. The van der Waals surface area contributed by atoms with Crippen LogP contribution in [0.1, 0.15) is 25.7 Å². The summed E-state index contributed by atoms with van der Waals surface area (Å²) in [5.41, 5.74) is -0.103. The number of halogens is 3. The third-order valence-corrected chi connectivity index (χ3v) is 2.70. The molecule has 0 radical (unpaired) electrons. The average molecular weight is 292 g/mol. The molecule has 106 valence electrons. The molecule has 0 saturated carbocycles. The zero-order valence-corrected chi connectivity index (χ0v) is 11.2. The van der Waals surface area contributed by atoms with Gasteiger partial charge in [-0.3, -0.25) is 5.32 Å². The zero-order chi connectivity index (χ0) is 14.1. The van der Waals surface area contributed by atoms with E-state index in [9.17, 15) is 13.6 Å². The second-order valence-electron chi connectivity index (χ2n) is 3.99. The Morgan fingerprint density at radius 3 is 2.63 bits per heavy atom. The average Bonchev–Trinajstić information content (AvgIpc) is 2.37. The molecule has 0 spiro atoms. The molecule has 19 heavy (non-hydrogen) atoms. The van der Waals surface area contributed by atoms with Crippen LogP contribution in [0.5, 0.6) is 0 Å². The summed E-state index contributed by atoms with van der Waals surface area (Å²) in [6.45, 7) is 0.261. The third-order valence-electron chi connectivity index (χ3n) is 2.43. The van der Waals surface area contributed by atoms with Crippen LogP contribution in [-0.2, 0) is 4.74 Å². The van der Waals surface area contributed by atoms with E-state index in [1.54, 1.807) is 0 Å². The molecule has 1 N–H and O–H groups in total. The van der Waals surface area contributed by atoms with E-state index in [4.69, 9.17) is 16.3 Å². The van der Waals surface area contributed by atoms with Crippen LogP contribution in [-0.4, -0.2) is 18.6 Å². The van der Waals surface area contributed by atoms with Crippen molar-refractivity contribution in [2.45, 2.75) is 25.7 Å². The van der Waals surface area contributed by atoms with E-state index in [1.165, 1.54) is 0 Å². The third kappa shape index (κ3) is 6.38. The number of rotatable bonds is 7. The van der Waals surface area contributed by atoms with Crippen molar-refractivity contribution >= 4 is 23.4 Å². The highest BCUT2D eigenvalue weighted by Gasteiger charge is 2.08. The van der Waals surface area contributed by atoms with E-state index < -0.39 is 17.7 Å². The summed E-state index contributed by atoms with van der Waals surface area (Å²) in [6, 6.07) is 2.90. The number of nitrogens with one attached hydrogen (secondary N) is 1. The molecule has 1 aromatic rings. The number of benzene rings is 1. The van der Waals surface area contributed by atoms with Gasteiger partial charge in [0, 0.05) is 11.9 Å². The number of hydrogen-bond acceptors (Lipinski definition) is 2. The topological polar surface area (TPSA) is 38.3 Å². The Morgan fingerprint density at radius 1 is 1.21 bits per heavy atom. The van der Waals surface area contributed by atoms with Gasteiger partial charge in [0.1, 0.15) is 11.6 Å². The first-order valence-electron chi connectivity index (χ1n) is 6.08. The van der Waals surface area contributed by atoms with Gasteiger partial charge in [-0.25, -0.2) is 13.6 Å². The van der Waals surface area contributed by atoms with Gasteiger partial charge in [0.15, 0.2) is 0 Å². The molecular formula is C13H16ClF2NO2. The predicted molar refractivity (Wildman–Crippen MR) is 70.5 cm³/mol. The van der Waals surface area contributed by atoms with Crippen LogP contribution in [0, 0.1) is 11.6 Å². The minimum atomic E-state index is -0.834. The van der Waals surface area contributed by atoms with Crippen LogP contribution >= 0.6 is 11.6 Å². The number of carbonyl (C=O) groups excluding carboxylic acids is 1. The smallest absolute Gasteiger partial charge is 0.411 e. The van der Waals surface area contributed by atoms with Gasteiger partial charge in [0.25, 0.3) is 0 Å². The predicted octanol–water partition coefficient (Wildman–Crippen LogP) is 4.31. The molecule has 0 saturated heterocycles. The first kappa shape index (κ1) is 15.7. The lowest BCUT2D eigenvalue weighted by Gasteiger charge is -2.07. The molecule has 0 aliphatic rings. The maximum Gasteiger partial charge on any atom is 0.411 e. The van der Waals surface area contributed by atoms with Crippen LogP contribution in [0.15, 0.2) is 18.2 Å². The van der Waals surface area contributed by atoms with Crippen molar-refractivity contribution < 1.29 is 18.3 Å². The number of anilines is 1. The number of carbonyl (C=O) groups is 1. The van der Waals surface area contributed by atoms with Gasteiger partial charge in [-0.15, -0.1) is 11.6 Å². The van der Waals surface area contributed by atoms with Crippen LogP contribution in [0.2, 0.25) is 0 Å². The summed E-state index contributed by atoms with van der Waals surface area (Å²) in [4.78, 5) is 11.3. The van der Waals surface area contributed by atoms with Gasteiger partial charge in [-0.2, -0.15) is 0 Å². The second kappa shape index (κ2) is 8.69. The summed E-state index contributed by atoms with van der Waals surface area (Å²) in [6.07, 6.45) is 2.83. The minimum Gasteiger partial charge on any atom is -0.449 e. The zero-order valence-electron chi connectivity index (χ0n) is 10.4. The van der Waals surface area contributed by atoms with Crippen molar-refractivity contribution in [3.05, 3.63) is 29.8 Å². The SMILES string of the molecule is O=C(Nc1ccc(F)cc1F)OCCCCCCCl. The molecule has 1 amide bonds. The summed E-state index contributed by atoms with van der Waals surface area (Å²) in [5, 5.41) is 2.22. The molecular weight excluding hydrogens is 276 g/mol. The van der Waals surface area contributed by atoms with E-state index in [2.05, 4.69) is 5.32 Å². The lowest BCUT2D eigenvalue weighted by Crippen LogP contribution is -2.15. The fourth-order valence-electron chi connectivity index (χ4n) is 1.45. The lowest BCUT2D eigenvalue weighted by atomic mass is 10.2. The standard InChI is InChI=1S/C13H16ClF2NO2/c14-7-3-1-2-4-8-19-13(18)17-12-6-5-10(15)9-11(12)16/h5-6,9H,1-4,7-8H2,(H,17,18). The van der Waals surface area contributed by atoms with Crippen LogP contribution in [0.4, 0.5) is 19.3 Å². The molecule has 0 heterocycles. The first-order valence-corrected chi connectivity index (χ1v) is 6.61. The van der Waals surface area contributed by atoms with Gasteiger partial charge in [0.05, 0.1) is 12.3 Å². The molecule has 6 heteroatoms. The fraction of sp³-hybridized carbons (Fsp3) is 0.462. The highest BCUT2D eigenvalue weighted by atomic mass is 35.5. The summed E-state index contributed by atoms with van der Waals surface area (Å²) < 4.78 is 30.7. The highest BCUT2D eigenvalue weighted by Crippen LogP contribution is 2.15. The van der Waals surface area contributed by atoms with Gasteiger partial charge in [-0.1, -0.05) is 12.8 Å². The Bertz CT molecular complexity index is 416. The molecule has 0 fully saturated rings. The molecule has 0 aliphatic carbocycles. The summed E-state index contributed by atoms with van der Waals surface area (Å²) in [7, 11) is 0. The van der Waals surface area contributed by atoms with Gasteiger partial charge < -0.3 is 4.74 Å². The van der Waals surface area contributed by atoms with Gasteiger partial charge >= 0.3 is 6.09 Å². The minimum absolute atomic E-state index is 0.103. The largest absolute Gasteiger partial charge is 0.449 e. The Kier molecular flexibility index (Phi) is 7.18. The molecule has 0 aliphatic heterocycles. The number of amides is 1. The monoisotopic (exact) mass is 291 g/mol. The van der Waals surface area contributed by atoms with Crippen LogP contribution in [0.25, 0.3) is 0 Å². The Balaban J connectivity index is 2.23. The lowest BCUT2D eigenvalue weighted by molar-refractivity contribution is 0.159. The fourth-order valence-corrected chi connectivity index (χ4v) is 1.64. The normalized spacial score (nSPS) is 10.3. The van der Waals surface area contributed by atoms with Crippen molar-refractivity contribution in [3.8, 4) is 0 Å². The summed E-state index contributed by atoms with van der Waals surface area (Å²) in [5.74, 6) is -0.902. The van der Waals surface area contributed by atoms with Crippen molar-refractivity contribution in [2.75, 3.05) is 17.8 Å². The Labute approximate surface area is 115 Å². The molecule has 0 atom stereocenters. The van der Waals surface area contributed by atoms with E-state index in [1.807, 2.05) is 0 Å². The number of unbranched alkanes of at least 4 members (excludes halogenated alkanes) is 3. The molecule has 0 unspecified atom stereocenters. The van der Waals surface area contributed by atoms with Crippen molar-refractivity contribution in [2.24, 2.45) is 0 Å². The van der Waals surface area contributed by atoms with Gasteiger partial charge in [0.2, 0.25) is 0 Å². The second-order valence-corrected chi connectivity index (χ2v) is 4.37. The molecule has 0 bridgehead atoms. The van der Waals surface area contributed by atoms with E-state index in [0.717, 1.165) is 37.8 Å². The van der Waals surface area contributed by atoms with Crippen molar-refractivity contribution in [3.63, 3.8) is 0 Å². The van der Waals surface area contributed by atoms with Crippen LogP contribution in [0.3, 0.4) is 0 Å². The Morgan fingerprint density at radius 2 is 1.95 bits per heavy atom. The van der Waals surface area contributed by atoms with Gasteiger partial charge in [-0.05, 0) is 25.0 Å².